The second-order valence-electron chi connectivity index (χ2n) is 15.1. The molecule has 4 nitrogen and oxygen atoms in total. The van der Waals surface area contributed by atoms with Gasteiger partial charge in [0.1, 0.15) is 23.0 Å². The number of aryl methyl sites for hydroxylation is 8. The van der Waals surface area contributed by atoms with Crippen LogP contribution in [0.3, 0.4) is 0 Å². The minimum absolute atomic E-state index is 0.853. The largest absolute Gasteiger partial charge is 0.497 e. The molecule has 56 heavy (non-hydrogen) atoms. The summed E-state index contributed by atoms with van der Waals surface area (Å²) in [5, 5.41) is 7.16. The van der Waals surface area contributed by atoms with Crippen molar-refractivity contribution in [3.05, 3.63) is 174 Å². The first kappa shape index (κ1) is 38.3. The van der Waals surface area contributed by atoms with Gasteiger partial charge in [0.2, 0.25) is 0 Å². The van der Waals surface area contributed by atoms with Crippen molar-refractivity contribution in [3.8, 4) is 23.0 Å². The number of hydrogen-bond donors (Lipinski definition) is 0. The maximum absolute atomic E-state index is 5.79. The number of hydrogen-bond acceptors (Lipinski definition) is 4. The second kappa shape index (κ2) is 15.3. The van der Waals surface area contributed by atoms with Gasteiger partial charge in [-0.15, -0.1) is 0 Å². The fourth-order valence-electron chi connectivity index (χ4n) is 9.16. The summed E-state index contributed by atoms with van der Waals surface area (Å²) >= 11 is 0. The number of methoxy groups -OCH3 is 4. The molecular weight excluding hydrogens is 689 g/mol. The maximum atomic E-state index is 5.79. The van der Waals surface area contributed by atoms with Crippen LogP contribution in [-0.4, -0.2) is 28.4 Å². The van der Waals surface area contributed by atoms with Crippen LogP contribution in [0.25, 0.3) is 32.7 Å². The Morgan fingerprint density at radius 1 is 0.304 bits per heavy atom. The molecule has 0 amide bonds. The zero-order valence-corrected chi connectivity index (χ0v) is 34.9. The molecule has 0 aromatic heterocycles. The van der Waals surface area contributed by atoms with Gasteiger partial charge in [-0.25, -0.2) is 0 Å². The van der Waals surface area contributed by atoms with E-state index >= 15 is 0 Å². The Kier molecular flexibility index (Phi) is 10.4. The first-order valence-electron chi connectivity index (χ1n) is 19.2. The van der Waals surface area contributed by atoms with Crippen LogP contribution in [0.15, 0.2) is 97.1 Å². The smallest absolute Gasteiger partial charge is 0.119 e. The minimum atomic E-state index is 0.853. The third-order valence-corrected chi connectivity index (χ3v) is 11.4. The molecule has 0 bridgehead atoms. The fourth-order valence-corrected chi connectivity index (χ4v) is 9.16. The predicted octanol–water partition coefficient (Wildman–Crippen LogP) is 11.0. The topological polar surface area (TPSA) is 36.9 Å². The van der Waals surface area contributed by atoms with Crippen molar-refractivity contribution in [1.82, 2.24) is 0 Å². The summed E-state index contributed by atoms with van der Waals surface area (Å²) in [7, 11) is 6.95. The molecule has 7 aromatic rings. The highest BCUT2D eigenvalue weighted by molar-refractivity contribution is 6.08. The fraction of sp³-hybridized carbons (Fsp3) is 0.231. The van der Waals surface area contributed by atoms with E-state index in [-0.39, 0.29) is 0 Å². The number of fused-ring (bicyclic) bond motifs is 2. The number of benzene rings is 7. The highest BCUT2D eigenvalue weighted by Gasteiger charge is 2.24. The van der Waals surface area contributed by atoms with Crippen molar-refractivity contribution in [3.63, 3.8) is 0 Å². The summed E-state index contributed by atoms with van der Waals surface area (Å²) in [4.78, 5) is 0. The van der Waals surface area contributed by atoms with Gasteiger partial charge in [-0.2, -0.15) is 0 Å². The van der Waals surface area contributed by atoms with Crippen LogP contribution >= 0.6 is 0 Å². The van der Waals surface area contributed by atoms with Gasteiger partial charge in [-0.05, 0) is 214 Å². The van der Waals surface area contributed by atoms with Crippen LogP contribution < -0.4 is 29.4 Å². The SMILES string of the molecule is COc1cc(C)c(C(c2c(C)cc(OC)cc2C)=c2c3ccccc3c(=C(c3c(C)cc(OC)cc3C)c3c(C)cc(OC)cc3C)c3ccccc23)c(C)c1. The average Bonchev–Trinajstić information content (AvgIpc) is 3.17. The third-order valence-electron chi connectivity index (χ3n) is 11.4. The summed E-state index contributed by atoms with van der Waals surface area (Å²) in [6.45, 7) is 17.6. The molecule has 284 valence electrons. The van der Waals surface area contributed by atoms with Gasteiger partial charge < -0.3 is 18.9 Å². The summed E-state index contributed by atoms with van der Waals surface area (Å²) in [5.74, 6) is 3.41. The Morgan fingerprint density at radius 2 is 0.482 bits per heavy atom. The van der Waals surface area contributed by atoms with E-state index in [0.717, 1.165) is 67.5 Å². The highest BCUT2D eigenvalue weighted by Crippen LogP contribution is 2.39. The van der Waals surface area contributed by atoms with E-state index in [2.05, 4.69) is 152 Å². The van der Waals surface area contributed by atoms with Crippen LogP contribution in [0.5, 0.6) is 23.0 Å². The van der Waals surface area contributed by atoms with Gasteiger partial charge in [-0.3, -0.25) is 0 Å². The molecule has 0 N–H and O–H groups in total. The van der Waals surface area contributed by atoms with Crippen molar-refractivity contribution >= 4 is 32.7 Å². The Hall–Kier alpha value is -6.00. The van der Waals surface area contributed by atoms with Crippen LogP contribution in [0, 0.1) is 55.4 Å². The van der Waals surface area contributed by atoms with Gasteiger partial charge in [0.25, 0.3) is 0 Å². The van der Waals surface area contributed by atoms with Crippen molar-refractivity contribution < 1.29 is 18.9 Å². The van der Waals surface area contributed by atoms with Crippen molar-refractivity contribution in [1.29, 1.82) is 0 Å². The molecule has 0 atom stereocenters. The lowest BCUT2D eigenvalue weighted by Gasteiger charge is -2.24. The Labute approximate surface area is 331 Å². The van der Waals surface area contributed by atoms with Crippen molar-refractivity contribution in [2.75, 3.05) is 28.4 Å². The quantitative estimate of drug-likeness (QED) is 0.145. The first-order chi connectivity index (χ1) is 26.9. The molecule has 4 heteroatoms. The van der Waals surface area contributed by atoms with Gasteiger partial charge >= 0.3 is 0 Å². The Balaban J connectivity index is 1.87. The highest BCUT2D eigenvalue weighted by atomic mass is 16.5. The van der Waals surface area contributed by atoms with Crippen LogP contribution in [-0.2, 0) is 0 Å². The molecule has 0 aliphatic carbocycles. The van der Waals surface area contributed by atoms with Crippen LogP contribution in [0.1, 0.15) is 66.8 Å². The first-order valence-corrected chi connectivity index (χ1v) is 19.2. The standard InChI is InChI=1S/C52H52O4/c1-29-21-37(53-9)22-30(2)45(29)51(46-31(3)23-38(54-10)24-32(46)4)49-41-17-13-15-19-43(41)50(44-20-16-14-18-42(44)49)52(47-33(5)25-39(55-11)26-34(47)6)48-35(7)27-40(56-12)28-36(48)8/h13-28H,1-12H3. The molecule has 0 heterocycles. The average molecular weight is 741 g/mol. The van der Waals surface area contributed by atoms with Crippen molar-refractivity contribution in [2.45, 2.75) is 55.4 Å². The molecule has 0 aliphatic heterocycles. The van der Waals surface area contributed by atoms with Gasteiger partial charge in [0.05, 0.1) is 28.4 Å². The maximum Gasteiger partial charge on any atom is 0.119 e. The monoisotopic (exact) mass is 740 g/mol. The Morgan fingerprint density at radius 3 is 0.643 bits per heavy atom. The van der Waals surface area contributed by atoms with E-state index in [1.807, 2.05) is 0 Å². The summed E-state index contributed by atoms with van der Waals surface area (Å²) in [5.41, 5.74) is 16.5. The van der Waals surface area contributed by atoms with Gasteiger partial charge in [-0.1, -0.05) is 48.5 Å². The van der Waals surface area contributed by atoms with E-state index in [9.17, 15) is 0 Å². The zero-order chi connectivity index (χ0) is 40.0. The summed E-state index contributed by atoms with van der Waals surface area (Å²) in [6, 6.07) is 35.2. The van der Waals surface area contributed by atoms with Gasteiger partial charge in [0.15, 0.2) is 0 Å². The lowest BCUT2D eigenvalue weighted by Crippen LogP contribution is -2.23. The van der Waals surface area contributed by atoms with E-state index in [4.69, 9.17) is 18.9 Å². The molecule has 7 rings (SSSR count). The summed E-state index contributed by atoms with van der Waals surface area (Å²) < 4.78 is 23.2. The molecular formula is C52H52O4. The molecule has 0 fully saturated rings. The predicted molar refractivity (Wildman–Crippen MR) is 234 cm³/mol. The Bertz CT molecular complexity index is 2350. The second-order valence-corrected chi connectivity index (χ2v) is 15.1. The van der Waals surface area contributed by atoms with E-state index < -0.39 is 0 Å². The normalized spacial score (nSPS) is 11.2. The molecule has 0 spiro atoms. The minimum Gasteiger partial charge on any atom is -0.497 e. The molecule has 0 aliphatic rings. The summed E-state index contributed by atoms with van der Waals surface area (Å²) in [6.07, 6.45) is 0. The molecule has 0 saturated carbocycles. The lowest BCUT2D eigenvalue weighted by molar-refractivity contribution is 0.414. The molecule has 0 radical (unpaired) electrons. The number of rotatable bonds is 8. The lowest BCUT2D eigenvalue weighted by atomic mass is 9.80. The van der Waals surface area contributed by atoms with E-state index in [0.29, 0.717) is 0 Å². The van der Waals surface area contributed by atoms with Crippen molar-refractivity contribution in [2.24, 2.45) is 0 Å². The van der Waals surface area contributed by atoms with Crippen LogP contribution in [0.2, 0.25) is 0 Å². The molecule has 0 saturated heterocycles. The van der Waals surface area contributed by atoms with E-state index in [1.54, 1.807) is 28.4 Å². The van der Waals surface area contributed by atoms with E-state index in [1.165, 1.54) is 65.4 Å². The van der Waals surface area contributed by atoms with Gasteiger partial charge in [0, 0.05) is 0 Å². The zero-order valence-electron chi connectivity index (χ0n) is 34.9. The molecule has 7 aromatic carbocycles. The third kappa shape index (κ3) is 6.47. The molecule has 0 unspecified atom stereocenters. The number of ether oxygens (including phenoxy) is 4. The van der Waals surface area contributed by atoms with Crippen LogP contribution in [0.4, 0.5) is 0 Å².